The van der Waals surface area contributed by atoms with Gasteiger partial charge in [0.2, 0.25) is 0 Å². The molecule has 3 heteroatoms. The topological polar surface area (TPSA) is 19.0 Å². The lowest BCUT2D eigenvalue weighted by atomic mass is 10.0. The Bertz CT molecular complexity index is 530. The first-order valence-electron chi connectivity index (χ1n) is 5.79. The Kier molecular flexibility index (Phi) is 2.41. The van der Waals surface area contributed by atoms with Crippen LogP contribution in [0.15, 0.2) is 18.2 Å². The second kappa shape index (κ2) is 3.79. The van der Waals surface area contributed by atoms with E-state index in [0.29, 0.717) is 0 Å². The van der Waals surface area contributed by atoms with Crippen molar-refractivity contribution in [2.75, 3.05) is 13.1 Å². The summed E-state index contributed by atoms with van der Waals surface area (Å²) >= 11 is 6.06. The van der Waals surface area contributed by atoms with Gasteiger partial charge in [-0.1, -0.05) is 18.5 Å². The third-order valence-electron chi connectivity index (χ3n) is 3.46. The number of fused-ring (bicyclic) bond motifs is 3. The number of aromatic nitrogens is 1. The molecule has 16 heavy (non-hydrogen) atoms. The number of H-pyrrole nitrogens is 1. The van der Waals surface area contributed by atoms with E-state index in [2.05, 4.69) is 28.9 Å². The van der Waals surface area contributed by atoms with Gasteiger partial charge in [-0.15, -0.1) is 0 Å². The van der Waals surface area contributed by atoms with Crippen molar-refractivity contribution in [2.45, 2.75) is 19.9 Å². The van der Waals surface area contributed by atoms with Gasteiger partial charge in [0.25, 0.3) is 0 Å². The molecule has 1 aliphatic heterocycles. The number of rotatable bonds is 1. The maximum Gasteiger partial charge on any atom is 0.0460 e. The minimum atomic E-state index is 0.822. The highest BCUT2D eigenvalue weighted by Gasteiger charge is 2.19. The number of nitrogens with one attached hydrogen (secondary N) is 1. The number of halogens is 1. The lowest BCUT2D eigenvalue weighted by Crippen LogP contribution is -2.29. The minimum Gasteiger partial charge on any atom is -0.358 e. The van der Waals surface area contributed by atoms with E-state index in [4.69, 9.17) is 11.6 Å². The number of nitrogens with zero attached hydrogens (tertiary/aromatic N) is 1. The highest BCUT2D eigenvalue weighted by molar-refractivity contribution is 6.31. The molecule has 1 N–H and O–H groups in total. The molecule has 0 unspecified atom stereocenters. The molecular formula is C13H15ClN2. The van der Waals surface area contributed by atoms with Crippen LogP contribution in [0.4, 0.5) is 0 Å². The molecule has 0 radical (unpaired) electrons. The van der Waals surface area contributed by atoms with Crippen molar-refractivity contribution in [2.24, 2.45) is 0 Å². The van der Waals surface area contributed by atoms with Gasteiger partial charge < -0.3 is 4.98 Å². The molecular weight excluding hydrogens is 220 g/mol. The summed E-state index contributed by atoms with van der Waals surface area (Å²) in [5, 5.41) is 2.11. The molecule has 0 saturated carbocycles. The van der Waals surface area contributed by atoms with E-state index in [9.17, 15) is 0 Å². The second-order valence-electron chi connectivity index (χ2n) is 4.39. The molecule has 1 aromatic heterocycles. The van der Waals surface area contributed by atoms with Gasteiger partial charge in [0, 0.05) is 41.1 Å². The van der Waals surface area contributed by atoms with Gasteiger partial charge in [-0.25, -0.2) is 0 Å². The minimum absolute atomic E-state index is 0.822. The van der Waals surface area contributed by atoms with Crippen LogP contribution in [-0.2, 0) is 13.0 Å². The molecule has 1 aliphatic rings. The first kappa shape index (κ1) is 10.2. The summed E-state index contributed by atoms with van der Waals surface area (Å²) in [4.78, 5) is 5.97. The molecule has 0 fully saturated rings. The van der Waals surface area contributed by atoms with Gasteiger partial charge in [-0.05, 0) is 30.3 Å². The predicted octanol–water partition coefficient (Wildman–Crippen LogP) is 3.20. The Morgan fingerprint density at radius 2 is 2.31 bits per heavy atom. The molecule has 0 spiro atoms. The van der Waals surface area contributed by atoms with Crippen molar-refractivity contribution < 1.29 is 0 Å². The van der Waals surface area contributed by atoms with Crippen LogP contribution >= 0.6 is 11.6 Å². The van der Waals surface area contributed by atoms with Gasteiger partial charge in [0.15, 0.2) is 0 Å². The molecule has 0 atom stereocenters. The third kappa shape index (κ3) is 1.53. The van der Waals surface area contributed by atoms with Crippen LogP contribution in [0.5, 0.6) is 0 Å². The van der Waals surface area contributed by atoms with E-state index < -0.39 is 0 Å². The Hall–Kier alpha value is -0.990. The zero-order valence-electron chi connectivity index (χ0n) is 9.39. The quantitative estimate of drug-likeness (QED) is 0.803. The standard InChI is InChI=1S/C13H15ClN2/c1-2-16-6-5-13-11(8-16)10-7-9(14)3-4-12(10)15-13/h3-4,7,15H,2,5-6,8H2,1H3. The van der Waals surface area contributed by atoms with Gasteiger partial charge >= 0.3 is 0 Å². The van der Waals surface area contributed by atoms with Crippen molar-refractivity contribution in [3.63, 3.8) is 0 Å². The van der Waals surface area contributed by atoms with Crippen molar-refractivity contribution in [3.8, 4) is 0 Å². The number of hydrogen-bond acceptors (Lipinski definition) is 1. The molecule has 2 heterocycles. The fourth-order valence-corrected chi connectivity index (χ4v) is 2.68. The van der Waals surface area contributed by atoms with Gasteiger partial charge in [-0.3, -0.25) is 4.90 Å². The lowest BCUT2D eigenvalue weighted by Gasteiger charge is -2.25. The normalized spacial score (nSPS) is 16.6. The van der Waals surface area contributed by atoms with Crippen LogP contribution in [0.25, 0.3) is 10.9 Å². The van der Waals surface area contributed by atoms with Crippen LogP contribution in [-0.4, -0.2) is 23.0 Å². The van der Waals surface area contributed by atoms with E-state index in [-0.39, 0.29) is 0 Å². The Balaban J connectivity index is 2.15. The largest absolute Gasteiger partial charge is 0.358 e. The molecule has 0 aliphatic carbocycles. The van der Waals surface area contributed by atoms with E-state index in [1.165, 1.54) is 22.2 Å². The molecule has 0 saturated heterocycles. The van der Waals surface area contributed by atoms with Gasteiger partial charge in [0.1, 0.15) is 0 Å². The lowest BCUT2D eigenvalue weighted by molar-refractivity contribution is 0.268. The number of aromatic amines is 1. The predicted molar refractivity (Wildman–Crippen MR) is 68.0 cm³/mol. The second-order valence-corrected chi connectivity index (χ2v) is 4.83. The Labute approximate surface area is 100 Å². The fourth-order valence-electron chi connectivity index (χ4n) is 2.51. The average molecular weight is 235 g/mol. The summed E-state index contributed by atoms with van der Waals surface area (Å²) in [7, 11) is 0. The van der Waals surface area contributed by atoms with Crippen molar-refractivity contribution in [1.29, 1.82) is 0 Å². The van der Waals surface area contributed by atoms with Crippen LogP contribution in [0.1, 0.15) is 18.2 Å². The molecule has 0 bridgehead atoms. The summed E-state index contributed by atoms with van der Waals surface area (Å²) in [6.07, 6.45) is 1.12. The Morgan fingerprint density at radius 1 is 1.44 bits per heavy atom. The molecule has 2 aromatic rings. The smallest absolute Gasteiger partial charge is 0.0460 e. The molecule has 3 rings (SSSR count). The van der Waals surface area contributed by atoms with Crippen LogP contribution in [0.3, 0.4) is 0 Å². The first-order chi connectivity index (χ1) is 7.78. The summed E-state index contributed by atoms with van der Waals surface area (Å²) in [6.45, 7) is 5.54. The Morgan fingerprint density at radius 3 is 3.12 bits per heavy atom. The fraction of sp³-hybridized carbons (Fsp3) is 0.385. The highest BCUT2D eigenvalue weighted by Crippen LogP contribution is 2.29. The van der Waals surface area contributed by atoms with Crippen LogP contribution < -0.4 is 0 Å². The average Bonchev–Trinajstić information content (AvgIpc) is 2.66. The van der Waals surface area contributed by atoms with Crippen molar-refractivity contribution in [3.05, 3.63) is 34.5 Å². The van der Waals surface area contributed by atoms with E-state index in [0.717, 1.165) is 31.1 Å². The van der Waals surface area contributed by atoms with Crippen LogP contribution in [0, 0.1) is 0 Å². The number of benzene rings is 1. The first-order valence-corrected chi connectivity index (χ1v) is 6.17. The summed E-state index contributed by atoms with van der Waals surface area (Å²) in [5.41, 5.74) is 4.04. The van der Waals surface area contributed by atoms with E-state index in [1.807, 2.05) is 6.07 Å². The number of likely N-dealkylation sites (N-methyl/N-ethyl adjacent to an activating group) is 1. The molecule has 84 valence electrons. The zero-order valence-corrected chi connectivity index (χ0v) is 10.1. The maximum absolute atomic E-state index is 6.06. The number of hydrogen-bond donors (Lipinski definition) is 1. The SMILES string of the molecule is CCN1CCc2[nH]c3ccc(Cl)cc3c2C1. The summed E-state index contributed by atoms with van der Waals surface area (Å²) in [5.74, 6) is 0. The van der Waals surface area contributed by atoms with Crippen LogP contribution in [0.2, 0.25) is 5.02 Å². The van der Waals surface area contributed by atoms with Crippen molar-refractivity contribution in [1.82, 2.24) is 9.88 Å². The van der Waals surface area contributed by atoms with Crippen molar-refractivity contribution >= 4 is 22.5 Å². The summed E-state index contributed by atoms with van der Waals surface area (Å²) in [6, 6.07) is 6.10. The molecule has 0 amide bonds. The highest BCUT2D eigenvalue weighted by atomic mass is 35.5. The van der Waals surface area contributed by atoms with Gasteiger partial charge in [-0.2, -0.15) is 0 Å². The molecule has 1 aromatic carbocycles. The van der Waals surface area contributed by atoms with Gasteiger partial charge in [0.05, 0.1) is 0 Å². The van der Waals surface area contributed by atoms with E-state index in [1.54, 1.807) is 0 Å². The van der Waals surface area contributed by atoms with E-state index >= 15 is 0 Å². The molecule has 2 nitrogen and oxygen atoms in total. The maximum atomic E-state index is 6.06. The monoisotopic (exact) mass is 234 g/mol. The zero-order chi connectivity index (χ0) is 11.1. The third-order valence-corrected chi connectivity index (χ3v) is 3.70. The summed E-state index contributed by atoms with van der Waals surface area (Å²) < 4.78 is 0.